The van der Waals surface area contributed by atoms with Crippen molar-refractivity contribution in [2.45, 2.75) is 0 Å². The quantitative estimate of drug-likeness (QED) is 0.699. The summed E-state index contributed by atoms with van der Waals surface area (Å²) in [6.45, 7) is 0. The summed E-state index contributed by atoms with van der Waals surface area (Å²) in [5, 5.41) is 3.66. The molecular weight excluding hydrogens is 316 g/mol. The van der Waals surface area contributed by atoms with Crippen LogP contribution in [0.1, 0.15) is 9.67 Å². The van der Waals surface area contributed by atoms with Gasteiger partial charge < -0.3 is 5.32 Å². The molecular formula is C15H8ClF2NOS. The Morgan fingerprint density at radius 2 is 1.86 bits per heavy atom. The fourth-order valence-corrected chi connectivity index (χ4v) is 3.33. The molecule has 0 saturated carbocycles. The topological polar surface area (TPSA) is 29.1 Å². The van der Waals surface area contributed by atoms with E-state index < -0.39 is 17.5 Å². The zero-order chi connectivity index (χ0) is 15.0. The molecule has 0 spiro atoms. The number of carbonyl (C=O) groups excluding carboxylic acids is 1. The van der Waals surface area contributed by atoms with Gasteiger partial charge in [0, 0.05) is 21.8 Å². The largest absolute Gasteiger partial charge is 0.321 e. The number of hydrogen-bond acceptors (Lipinski definition) is 2. The minimum Gasteiger partial charge on any atom is -0.321 e. The molecule has 0 atom stereocenters. The number of amides is 1. The number of nitrogens with one attached hydrogen (secondary N) is 1. The van der Waals surface area contributed by atoms with E-state index in [4.69, 9.17) is 11.6 Å². The highest BCUT2D eigenvalue weighted by Crippen LogP contribution is 2.35. The molecule has 1 N–H and O–H groups in total. The van der Waals surface area contributed by atoms with E-state index in [2.05, 4.69) is 5.32 Å². The molecule has 3 rings (SSSR count). The molecule has 0 bridgehead atoms. The van der Waals surface area contributed by atoms with Gasteiger partial charge in [0.2, 0.25) is 0 Å². The second-order valence-electron chi connectivity index (χ2n) is 4.32. The molecule has 2 aromatic carbocycles. The highest BCUT2D eigenvalue weighted by Gasteiger charge is 2.17. The van der Waals surface area contributed by atoms with Crippen LogP contribution < -0.4 is 5.32 Å². The van der Waals surface area contributed by atoms with E-state index in [1.54, 1.807) is 0 Å². The summed E-state index contributed by atoms with van der Waals surface area (Å²) < 4.78 is 26.9. The van der Waals surface area contributed by atoms with Gasteiger partial charge in [-0.05, 0) is 18.2 Å². The van der Waals surface area contributed by atoms with E-state index in [0.29, 0.717) is 9.90 Å². The summed E-state index contributed by atoms with van der Waals surface area (Å²) >= 11 is 7.44. The molecule has 0 aliphatic heterocycles. The Morgan fingerprint density at radius 1 is 1.10 bits per heavy atom. The van der Waals surface area contributed by atoms with Crippen molar-refractivity contribution in [2.75, 3.05) is 5.32 Å². The fraction of sp³-hybridized carbons (Fsp3) is 0. The number of anilines is 1. The number of rotatable bonds is 2. The first-order chi connectivity index (χ1) is 10.1. The molecule has 0 saturated heterocycles. The summed E-state index contributed by atoms with van der Waals surface area (Å²) in [5.74, 6) is -2.43. The standard InChI is InChI=1S/C15H8ClF2NOS/c16-13-9-3-1-2-4-12(9)21-14(13)15(20)19-8-5-6-10(17)11(18)7-8/h1-7H,(H,19,20). The third kappa shape index (κ3) is 2.62. The monoisotopic (exact) mass is 323 g/mol. The van der Waals surface area contributed by atoms with Crippen LogP contribution in [0.5, 0.6) is 0 Å². The lowest BCUT2D eigenvalue weighted by Gasteiger charge is -2.04. The Morgan fingerprint density at radius 3 is 2.57 bits per heavy atom. The maximum absolute atomic E-state index is 13.1. The van der Waals surface area contributed by atoms with Crippen LogP contribution in [0.15, 0.2) is 42.5 Å². The van der Waals surface area contributed by atoms with Crippen LogP contribution in [0.4, 0.5) is 14.5 Å². The van der Waals surface area contributed by atoms with Gasteiger partial charge in [-0.15, -0.1) is 11.3 Å². The minimum atomic E-state index is -1.02. The van der Waals surface area contributed by atoms with E-state index in [-0.39, 0.29) is 5.69 Å². The molecule has 0 fully saturated rings. The van der Waals surface area contributed by atoms with Crippen LogP contribution in [0.3, 0.4) is 0 Å². The van der Waals surface area contributed by atoms with E-state index in [0.717, 1.165) is 22.2 Å². The maximum atomic E-state index is 13.1. The Labute approximate surface area is 128 Å². The molecule has 0 aliphatic rings. The van der Waals surface area contributed by atoms with E-state index in [1.807, 2.05) is 24.3 Å². The first kappa shape index (κ1) is 14.0. The summed E-state index contributed by atoms with van der Waals surface area (Å²) in [6, 6.07) is 10.5. The van der Waals surface area contributed by atoms with Gasteiger partial charge in [-0.2, -0.15) is 0 Å². The Bertz CT molecular complexity index is 847. The lowest BCUT2D eigenvalue weighted by atomic mass is 10.2. The van der Waals surface area contributed by atoms with Crippen LogP contribution >= 0.6 is 22.9 Å². The predicted molar refractivity (Wildman–Crippen MR) is 81.1 cm³/mol. The van der Waals surface area contributed by atoms with Crippen molar-refractivity contribution in [3.8, 4) is 0 Å². The van der Waals surface area contributed by atoms with Gasteiger partial charge in [0.05, 0.1) is 5.02 Å². The lowest BCUT2D eigenvalue weighted by molar-refractivity contribution is 0.103. The van der Waals surface area contributed by atoms with Gasteiger partial charge >= 0.3 is 0 Å². The zero-order valence-corrected chi connectivity index (χ0v) is 12.1. The molecule has 21 heavy (non-hydrogen) atoms. The van der Waals surface area contributed by atoms with Crippen LogP contribution in [0, 0.1) is 11.6 Å². The molecule has 0 unspecified atom stereocenters. The van der Waals surface area contributed by atoms with Crippen molar-refractivity contribution >= 4 is 44.6 Å². The van der Waals surface area contributed by atoms with Crippen molar-refractivity contribution in [3.63, 3.8) is 0 Å². The lowest BCUT2D eigenvalue weighted by Crippen LogP contribution is -2.11. The predicted octanol–water partition coefficient (Wildman–Crippen LogP) is 5.09. The molecule has 106 valence electrons. The smallest absolute Gasteiger partial charge is 0.267 e. The number of thiophene rings is 1. The number of halogens is 3. The molecule has 1 amide bonds. The number of hydrogen-bond donors (Lipinski definition) is 1. The Kier molecular flexibility index (Phi) is 3.61. The average molecular weight is 324 g/mol. The van der Waals surface area contributed by atoms with Crippen molar-refractivity contribution in [2.24, 2.45) is 0 Å². The van der Waals surface area contributed by atoms with Crippen molar-refractivity contribution in [1.82, 2.24) is 0 Å². The van der Waals surface area contributed by atoms with Gasteiger partial charge in [0.15, 0.2) is 11.6 Å². The number of benzene rings is 2. The fourth-order valence-electron chi connectivity index (χ4n) is 1.92. The molecule has 2 nitrogen and oxygen atoms in total. The Balaban J connectivity index is 1.93. The van der Waals surface area contributed by atoms with Crippen LogP contribution in [0.25, 0.3) is 10.1 Å². The summed E-state index contributed by atoms with van der Waals surface area (Å²) in [5.41, 5.74) is 0.174. The maximum Gasteiger partial charge on any atom is 0.267 e. The number of carbonyl (C=O) groups is 1. The zero-order valence-electron chi connectivity index (χ0n) is 10.5. The minimum absolute atomic E-state index is 0.174. The molecule has 0 aliphatic carbocycles. The third-order valence-corrected chi connectivity index (χ3v) is 4.59. The molecule has 1 heterocycles. The van der Waals surface area contributed by atoms with Crippen molar-refractivity contribution in [1.29, 1.82) is 0 Å². The number of fused-ring (bicyclic) bond motifs is 1. The summed E-state index contributed by atoms with van der Waals surface area (Å²) in [4.78, 5) is 12.5. The second-order valence-corrected chi connectivity index (χ2v) is 5.75. The van der Waals surface area contributed by atoms with E-state index >= 15 is 0 Å². The van der Waals surface area contributed by atoms with Gasteiger partial charge in [-0.1, -0.05) is 29.8 Å². The van der Waals surface area contributed by atoms with Gasteiger partial charge in [-0.3, -0.25) is 4.79 Å². The van der Waals surface area contributed by atoms with E-state index in [1.165, 1.54) is 17.4 Å². The van der Waals surface area contributed by atoms with Crippen LogP contribution in [0.2, 0.25) is 5.02 Å². The molecule has 3 aromatic rings. The van der Waals surface area contributed by atoms with Gasteiger partial charge in [-0.25, -0.2) is 8.78 Å². The van der Waals surface area contributed by atoms with Crippen LogP contribution in [-0.2, 0) is 0 Å². The molecule has 0 radical (unpaired) electrons. The molecule has 1 aromatic heterocycles. The van der Waals surface area contributed by atoms with Crippen LogP contribution in [-0.4, -0.2) is 5.91 Å². The first-order valence-corrected chi connectivity index (χ1v) is 7.19. The summed E-state index contributed by atoms with van der Waals surface area (Å²) in [7, 11) is 0. The van der Waals surface area contributed by atoms with E-state index in [9.17, 15) is 13.6 Å². The summed E-state index contributed by atoms with van der Waals surface area (Å²) in [6.07, 6.45) is 0. The highest BCUT2D eigenvalue weighted by atomic mass is 35.5. The first-order valence-electron chi connectivity index (χ1n) is 5.99. The second kappa shape index (κ2) is 5.42. The average Bonchev–Trinajstić information content (AvgIpc) is 2.81. The van der Waals surface area contributed by atoms with Crippen molar-refractivity contribution < 1.29 is 13.6 Å². The normalized spacial score (nSPS) is 10.8. The highest BCUT2D eigenvalue weighted by molar-refractivity contribution is 7.21. The van der Waals surface area contributed by atoms with Gasteiger partial charge in [0.25, 0.3) is 5.91 Å². The SMILES string of the molecule is O=C(Nc1ccc(F)c(F)c1)c1sc2ccccc2c1Cl. The van der Waals surface area contributed by atoms with Crippen molar-refractivity contribution in [3.05, 3.63) is 64.0 Å². The van der Waals surface area contributed by atoms with Gasteiger partial charge in [0.1, 0.15) is 4.88 Å². The molecule has 6 heteroatoms. The third-order valence-electron chi connectivity index (χ3n) is 2.92. The Hall–Kier alpha value is -1.98.